The van der Waals surface area contributed by atoms with E-state index >= 15 is 0 Å². The van der Waals surface area contributed by atoms with Gasteiger partial charge in [-0.05, 0) is 0 Å². The van der Waals surface area contributed by atoms with Crippen LogP contribution in [0, 0.1) is 0 Å². The third-order valence-electron chi connectivity index (χ3n) is 1.42. The largest absolute Gasteiger partial charge is 0.460 e. The van der Waals surface area contributed by atoms with Crippen LogP contribution in [0.4, 0.5) is 30.7 Å². The molecule has 0 N–H and O–H groups in total. The van der Waals surface area contributed by atoms with E-state index < -0.39 is 30.2 Å². The summed E-state index contributed by atoms with van der Waals surface area (Å²) in [5.74, 6) is -14.5. The maximum absolute atomic E-state index is 12.3. The third kappa shape index (κ3) is 1.83. The van der Waals surface area contributed by atoms with E-state index in [1.165, 1.54) is 0 Å². The molecule has 1 nitrogen and oxygen atoms in total. The molecule has 0 radical (unpaired) electrons. The van der Waals surface area contributed by atoms with Crippen LogP contribution in [0.5, 0.6) is 0 Å². The minimum atomic E-state index is -6.44. The van der Waals surface area contributed by atoms with Gasteiger partial charge in [0.25, 0.3) is 0 Å². The van der Waals surface area contributed by atoms with E-state index in [1.54, 1.807) is 0 Å². The van der Waals surface area contributed by atoms with Crippen molar-refractivity contribution in [2.75, 3.05) is 0 Å². The van der Waals surface area contributed by atoms with Gasteiger partial charge >= 0.3 is 18.0 Å². The molecule has 0 heterocycles. The maximum atomic E-state index is 12.3. The van der Waals surface area contributed by atoms with Crippen LogP contribution in [0.1, 0.15) is 13.3 Å². The van der Waals surface area contributed by atoms with Crippen LogP contribution < -0.4 is 0 Å². The van der Waals surface area contributed by atoms with Crippen LogP contribution in [-0.4, -0.2) is 23.8 Å². The molecular weight excluding hydrogens is 221 g/mol. The van der Waals surface area contributed by atoms with E-state index in [-0.39, 0.29) is 0 Å². The van der Waals surface area contributed by atoms with Crippen molar-refractivity contribution in [3.05, 3.63) is 0 Å². The molecule has 0 amide bonds. The van der Waals surface area contributed by atoms with Crippen molar-refractivity contribution in [3.8, 4) is 0 Å². The predicted molar refractivity (Wildman–Crippen MR) is 31.2 cm³/mol. The number of ketones is 1. The second-order valence-corrected chi connectivity index (χ2v) is 2.42. The molecule has 0 aliphatic heterocycles. The number of alkyl halides is 7. The molecule has 0 rings (SSSR count). The quantitative estimate of drug-likeness (QED) is 0.676. The molecule has 0 aromatic heterocycles. The van der Waals surface area contributed by atoms with Crippen molar-refractivity contribution in [2.45, 2.75) is 31.4 Å². The lowest BCUT2D eigenvalue weighted by molar-refractivity contribution is -0.343. The maximum Gasteiger partial charge on any atom is 0.460 e. The highest BCUT2D eigenvalue weighted by atomic mass is 19.4. The van der Waals surface area contributed by atoms with Crippen molar-refractivity contribution >= 4 is 5.78 Å². The Morgan fingerprint density at radius 3 is 1.57 bits per heavy atom. The Bertz CT molecular complexity index is 229. The molecule has 0 unspecified atom stereocenters. The van der Waals surface area contributed by atoms with E-state index in [9.17, 15) is 35.5 Å². The average Bonchev–Trinajstić information content (AvgIpc) is 2.00. The summed E-state index contributed by atoms with van der Waals surface area (Å²) in [6, 6.07) is 0. The zero-order valence-electron chi connectivity index (χ0n) is 6.76. The van der Waals surface area contributed by atoms with Gasteiger partial charge in [0.15, 0.2) is 0 Å². The Labute approximate surface area is 73.9 Å². The van der Waals surface area contributed by atoms with E-state index in [0.717, 1.165) is 6.92 Å². The van der Waals surface area contributed by atoms with Gasteiger partial charge < -0.3 is 0 Å². The lowest BCUT2D eigenvalue weighted by atomic mass is 10.1. The van der Waals surface area contributed by atoms with E-state index in [0.29, 0.717) is 0 Å². The van der Waals surface area contributed by atoms with Gasteiger partial charge in [0.1, 0.15) is 0 Å². The molecule has 84 valence electrons. The van der Waals surface area contributed by atoms with Crippen LogP contribution in [0.3, 0.4) is 0 Å². The monoisotopic (exact) mass is 226 g/mol. The Morgan fingerprint density at radius 2 is 1.36 bits per heavy atom. The molecule has 0 aromatic rings. The number of halogens is 7. The summed E-state index contributed by atoms with van der Waals surface area (Å²) in [7, 11) is 0. The number of hydrogen-bond donors (Lipinski definition) is 0. The summed E-state index contributed by atoms with van der Waals surface area (Å²) in [5.41, 5.74) is 0. The number of carbonyl (C=O) groups is 1. The van der Waals surface area contributed by atoms with Gasteiger partial charge in [0.05, 0.1) is 0 Å². The molecule has 0 spiro atoms. The highest BCUT2D eigenvalue weighted by Crippen LogP contribution is 2.47. The molecule has 0 aliphatic carbocycles. The van der Waals surface area contributed by atoms with Crippen LogP contribution in [0.15, 0.2) is 0 Å². The first-order valence-electron chi connectivity index (χ1n) is 3.34. The first kappa shape index (κ1) is 13.2. The van der Waals surface area contributed by atoms with Gasteiger partial charge in [0, 0.05) is 6.42 Å². The van der Waals surface area contributed by atoms with Gasteiger partial charge in [-0.2, -0.15) is 30.7 Å². The minimum absolute atomic E-state index is 0.767. The fourth-order valence-electron chi connectivity index (χ4n) is 0.575. The summed E-state index contributed by atoms with van der Waals surface area (Å²) in [4.78, 5) is 10.2. The topological polar surface area (TPSA) is 17.1 Å². The van der Waals surface area contributed by atoms with Crippen molar-refractivity contribution in [1.29, 1.82) is 0 Å². The highest BCUT2D eigenvalue weighted by Gasteiger charge is 2.75. The Morgan fingerprint density at radius 1 is 1.00 bits per heavy atom. The zero-order chi connectivity index (χ0) is 11.8. The van der Waals surface area contributed by atoms with Gasteiger partial charge in [-0.15, -0.1) is 0 Å². The number of Topliss-reactive ketones (excluding diaryl/α,β-unsaturated/α-hetero) is 1. The van der Waals surface area contributed by atoms with Crippen LogP contribution in [0.2, 0.25) is 0 Å². The van der Waals surface area contributed by atoms with Gasteiger partial charge in [-0.1, -0.05) is 6.92 Å². The Hall–Kier alpha value is -0.820. The fraction of sp³-hybridized carbons (Fsp3) is 0.833. The molecule has 0 saturated heterocycles. The SMILES string of the molecule is CCC(=O)C(F)(F)C(F)(F)C(F)(F)F. The molecule has 14 heavy (non-hydrogen) atoms. The van der Waals surface area contributed by atoms with Gasteiger partial charge in [-0.3, -0.25) is 4.79 Å². The standard InChI is InChI=1S/C6H5F7O/c1-2-3(14)4(7,8)5(9,10)6(11,12)13/h2H2,1H3. The molecule has 0 saturated carbocycles. The zero-order valence-corrected chi connectivity index (χ0v) is 6.76. The normalized spacial score (nSPS) is 14.3. The van der Waals surface area contributed by atoms with Crippen molar-refractivity contribution in [1.82, 2.24) is 0 Å². The lowest BCUT2D eigenvalue weighted by Crippen LogP contribution is -2.55. The van der Waals surface area contributed by atoms with Crippen molar-refractivity contribution in [2.24, 2.45) is 0 Å². The first-order chi connectivity index (χ1) is 5.98. The van der Waals surface area contributed by atoms with Crippen LogP contribution in [0.25, 0.3) is 0 Å². The molecule has 0 bridgehead atoms. The number of rotatable bonds is 3. The molecule has 0 aromatic carbocycles. The molecular formula is C6H5F7O. The average molecular weight is 226 g/mol. The summed E-state index contributed by atoms with van der Waals surface area (Å²) < 4.78 is 83.0. The van der Waals surface area contributed by atoms with E-state index in [1.807, 2.05) is 0 Å². The summed E-state index contributed by atoms with van der Waals surface area (Å²) in [6.07, 6.45) is -7.54. The molecule has 0 fully saturated rings. The first-order valence-corrected chi connectivity index (χ1v) is 3.34. The van der Waals surface area contributed by atoms with Crippen molar-refractivity contribution in [3.63, 3.8) is 0 Å². The smallest absolute Gasteiger partial charge is 0.293 e. The second-order valence-electron chi connectivity index (χ2n) is 2.42. The van der Waals surface area contributed by atoms with E-state index in [4.69, 9.17) is 0 Å². The molecule has 0 aliphatic rings. The van der Waals surface area contributed by atoms with Gasteiger partial charge in [-0.25, -0.2) is 0 Å². The Kier molecular flexibility index (Phi) is 3.19. The summed E-state index contributed by atoms with van der Waals surface area (Å²) in [5, 5.41) is 0. The summed E-state index contributed by atoms with van der Waals surface area (Å²) in [6.45, 7) is 0.767. The Balaban J connectivity index is 5.18. The second kappa shape index (κ2) is 3.39. The number of carbonyl (C=O) groups excluding carboxylic acids is 1. The summed E-state index contributed by atoms with van der Waals surface area (Å²) >= 11 is 0. The van der Waals surface area contributed by atoms with Crippen molar-refractivity contribution < 1.29 is 35.5 Å². The lowest BCUT2D eigenvalue weighted by Gasteiger charge is -2.26. The highest BCUT2D eigenvalue weighted by molar-refractivity contribution is 5.86. The predicted octanol–water partition coefficient (Wildman–Crippen LogP) is 2.80. The van der Waals surface area contributed by atoms with Gasteiger partial charge in [0.2, 0.25) is 5.78 Å². The molecule has 8 heteroatoms. The van der Waals surface area contributed by atoms with E-state index in [2.05, 4.69) is 0 Å². The number of hydrogen-bond acceptors (Lipinski definition) is 1. The van der Waals surface area contributed by atoms with Crippen LogP contribution in [-0.2, 0) is 4.79 Å². The molecule has 0 atom stereocenters. The fourth-order valence-corrected chi connectivity index (χ4v) is 0.575. The van der Waals surface area contributed by atoms with Crippen LogP contribution >= 0.6 is 0 Å². The minimum Gasteiger partial charge on any atom is -0.293 e. The third-order valence-corrected chi connectivity index (χ3v) is 1.42.